The number of hydrogen-bond donors (Lipinski definition) is 0. The van der Waals surface area contributed by atoms with Gasteiger partial charge in [-0.25, -0.2) is 19.2 Å². The van der Waals surface area contributed by atoms with Crippen molar-refractivity contribution >= 4 is 5.97 Å². The molecular weight excluding hydrogens is 441 g/mol. The van der Waals surface area contributed by atoms with Gasteiger partial charge in [-0.15, -0.1) is 0 Å². The Labute approximate surface area is 207 Å². The van der Waals surface area contributed by atoms with Crippen molar-refractivity contribution < 1.29 is 13.9 Å². The molecule has 0 spiro atoms. The summed E-state index contributed by atoms with van der Waals surface area (Å²) in [5.41, 5.74) is 2.34. The molecule has 5 nitrogen and oxygen atoms in total. The Morgan fingerprint density at radius 3 is 2.14 bits per heavy atom. The Balaban J connectivity index is 1.45. The number of aromatic nitrogens is 2. The molecule has 0 saturated heterocycles. The molecule has 1 heterocycles. The van der Waals surface area contributed by atoms with E-state index in [1.54, 1.807) is 24.3 Å². The quantitative estimate of drug-likeness (QED) is 0.146. The van der Waals surface area contributed by atoms with Gasteiger partial charge in [-0.2, -0.15) is 5.26 Å². The molecule has 182 valence electrons. The van der Waals surface area contributed by atoms with Gasteiger partial charge < -0.3 is 4.74 Å². The van der Waals surface area contributed by atoms with Gasteiger partial charge in [0.2, 0.25) is 0 Å². The lowest BCUT2D eigenvalue weighted by atomic mass is 10.1. The van der Waals surface area contributed by atoms with Gasteiger partial charge in [-0.1, -0.05) is 70.4 Å². The highest BCUT2D eigenvalue weighted by Crippen LogP contribution is 2.21. The number of hydrogen-bond acceptors (Lipinski definition) is 5. The van der Waals surface area contributed by atoms with Gasteiger partial charge in [0.1, 0.15) is 0 Å². The number of benzene rings is 2. The summed E-state index contributed by atoms with van der Waals surface area (Å²) < 4.78 is 19.1. The highest BCUT2D eigenvalue weighted by Gasteiger charge is 2.13. The molecule has 35 heavy (non-hydrogen) atoms. The first-order valence-electron chi connectivity index (χ1n) is 12.4. The number of nitriles is 1. The molecule has 3 rings (SSSR count). The van der Waals surface area contributed by atoms with Gasteiger partial charge in [0.25, 0.3) is 0 Å². The minimum absolute atomic E-state index is 0.158. The number of nitrogens with zero attached hydrogens (tertiary/aromatic N) is 3. The van der Waals surface area contributed by atoms with Gasteiger partial charge >= 0.3 is 5.97 Å². The number of esters is 1. The number of carbonyl (C=O) groups excluding carboxylic acids is 1. The lowest BCUT2D eigenvalue weighted by molar-refractivity contribution is 0.0728. The second-order valence-corrected chi connectivity index (χ2v) is 8.72. The molecule has 0 N–H and O–H groups in total. The lowest BCUT2D eigenvalue weighted by Gasteiger charge is -2.07. The molecule has 0 fully saturated rings. The molecule has 0 bridgehead atoms. The minimum Gasteiger partial charge on any atom is -0.420 e. The number of rotatable bonds is 13. The predicted octanol–water partition coefficient (Wildman–Crippen LogP) is 7.45. The van der Waals surface area contributed by atoms with E-state index >= 15 is 0 Å². The van der Waals surface area contributed by atoms with Crippen LogP contribution in [-0.2, 0) is 6.42 Å². The van der Waals surface area contributed by atoms with Crippen LogP contribution in [0.25, 0.3) is 11.4 Å². The molecule has 0 aliphatic carbocycles. The molecule has 0 saturated carbocycles. The van der Waals surface area contributed by atoms with E-state index in [1.807, 2.05) is 18.5 Å². The van der Waals surface area contributed by atoms with E-state index in [9.17, 15) is 9.18 Å². The molecule has 0 unspecified atom stereocenters. The Bertz CT molecular complexity index is 1120. The summed E-state index contributed by atoms with van der Waals surface area (Å²) >= 11 is 0. The smallest absolute Gasteiger partial charge is 0.343 e. The largest absolute Gasteiger partial charge is 0.420 e. The molecule has 0 aliphatic rings. The summed E-state index contributed by atoms with van der Waals surface area (Å²) in [7, 11) is 0. The van der Waals surface area contributed by atoms with E-state index in [1.165, 1.54) is 63.5 Å². The zero-order valence-corrected chi connectivity index (χ0v) is 20.3. The van der Waals surface area contributed by atoms with Crippen LogP contribution < -0.4 is 4.74 Å². The zero-order valence-electron chi connectivity index (χ0n) is 20.3. The van der Waals surface area contributed by atoms with Gasteiger partial charge in [-0.3, -0.25) is 0 Å². The van der Waals surface area contributed by atoms with Crippen LogP contribution in [0.5, 0.6) is 5.75 Å². The fraction of sp³-hybridized carbons (Fsp3) is 0.379. The van der Waals surface area contributed by atoms with Gasteiger partial charge in [0.15, 0.2) is 17.4 Å². The third-order valence-electron chi connectivity index (χ3n) is 5.92. The zero-order chi connectivity index (χ0) is 24.9. The fourth-order valence-corrected chi connectivity index (χ4v) is 3.84. The van der Waals surface area contributed by atoms with Crippen molar-refractivity contribution in [2.45, 2.75) is 71.1 Å². The fourth-order valence-electron chi connectivity index (χ4n) is 3.84. The first-order valence-corrected chi connectivity index (χ1v) is 12.4. The van der Waals surface area contributed by atoms with Crippen LogP contribution in [0.3, 0.4) is 0 Å². The number of unbranched alkanes of at least 4 members (excludes halogenated alkanes) is 8. The van der Waals surface area contributed by atoms with E-state index < -0.39 is 11.8 Å². The maximum absolute atomic E-state index is 14.0. The average molecular weight is 474 g/mol. The van der Waals surface area contributed by atoms with E-state index in [4.69, 9.17) is 10.00 Å². The minimum atomic E-state index is -0.759. The third kappa shape index (κ3) is 8.29. The summed E-state index contributed by atoms with van der Waals surface area (Å²) in [5.74, 6) is -1.08. The van der Waals surface area contributed by atoms with Crippen LogP contribution >= 0.6 is 0 Å². The second kappa shape index (κ2) is 14.0. The summed E-state index contributed by atoms with van der Waals surface area (Å²) in [4.78, 5) is 21.3. The van der Waals surface area contributed by atoms with Crippen molar-refractivity contribution in [2.75, 3.05) is 0 Å². The first-order chi connectivity index (χ1) is 17.1. The van der Waals surface area contributed by atoms with Crippen molar-refractivity contribution in [3.05, 3.63) is 77.4 Å². The number of carbonyl (C=O) groups is 1. The van der Waals surface area contributed by atoms with Crippen molar-refractivity contribution in [2.24, 2.45) is 0 Å². The number of aryl methyl sites for hydroxylation is 1. The topological polar surface area (TPSA) is 75.9 Å². The average Bonchev–Trinajstić information content (AvgIpc) is 2.89. The lowest BCUT2D eigenvalue weighted by Crippen LogP contribution is -2.09. The second-order valence-electron chi connectivity index (χ2n) is 8.72. The van der Waals surface area contributed by atoms with Crippen LogP contribution in [0, 0.1) is 17.1 Å². The maximum Gasteiger partial charge on any atom is 0.343 e. The van der Waals surface area contributed by atoms with E-state index in [2.05, 4.69) is 16.9 Å². The van der Waals surface area contributed by atoms with Crippen LogP contribution in [0.1, 0.15) is 86.2 Å². The van der Waals surface area contributed by atoms with Crippen molar-refractivity contribution in [3.63, 3.8) is 0 Å². The third-order valence-corrected chi connectivity index (χ3v) is 5.92. The van der Waals surface area contributed by atoms with Crippen molar-refractivity contribution in [3.8, 4) is 23.2 Å². The van der Waals surface area contributed by atoms with Crippen LogP contribution in [0.4, 0.5) is 4.39 Å². The Kier molecular flexibility index (Phi) is 10.4. The maximum atomic E-state index is 14.0. The van der Waals surface area contributed by atoms with Crippen molar-refractivity contribution in [1.29, 1.82) is 5.26 Å². The number of ether oxygens (including phenoxy) is 1. The molecule has 6 heteroatoms. The Morgan fingerprint density at radius 1 is 0.914 bits per heavy atom. The van der Waals surface area contributed by atoms with Gasteiger partial charge in [-0.05, 0) is 48.7 Å². The van der Waals surface area contributed by atoms with Crippen LogP contribution in [0.2, 0.25) is 0 Å². The Hall–Kier alpha value is -3.59. The van der Waals surface area contributed by atoms with Crippen LogP contribution in [-0.4, -0.2) is 15.9 Å². The molecule has 2 aromatic carbocycles. The summed E-state index contributed by atoms with van der Waals surface area (Å²) in [5, 5.41) is 8.81. The highest BCUT2D eigenvalue weighted by molar-refractivity contribution is 5.91. The molecule has 3 aromatic rings. The van der Waals surface area contributed by atoms with E-state index in [-0.39, 0.29) is 16.9 Å². The summed E-state index contributed by atoms with van der Waals surface area (Å²) in [6, 6.07) is 12.2. The van der Waals surface area contributed by atoms with Gasteiger partial charge in [0, 0.05) is 18.0 Å². The molecule has 1 aromatic heterocycles. The SMILES string of the molecule is CCCCCCCCCCCc1cnc(-c2ccc(C(=O)Oc3ccc(C#N)cc3F)cc2)nc1. The highest BCUT2D eigenvalue weighted by atomic mass is 19.1. The molecule has 0 radical (unpaired) electrons. The van der Waals surface area contributed by atoms with Crippen molar-refractivity contribution in [1.82, 2.24) is 9.97 Å². The van der Waals surface area contributed by atoms with Crippen LogP contribution in [0.15, 0.2) is 54.9 Å². The predicted molar refractivity (Wildman–Crippen MR) is 134 cm³/mol. The molecule has 0 atom stereocenters. The number of halogens is 1. The molecule has 0 aliphatic heterocycles. The first kappa shape index (κ1) is 26.0. The Morgan fingerprint density at radius 2 is 1.54 bits per heavy atom. The van der Waals surface area contributed by atoms with Gasteiger partial charge in [0.05, 0.1) is 17.2 Å². The van der Waals surface area contributed by atoms with E-state index in [0.717, 1.165) is 30.0 Å². The monoisotopic (exact) mass is 473 g/mol. The summed E-state index contributed by atoms with van der Waals surface area (Å²) in [6.07, 6.45) is 16.4. The van der Waals surface area contributed by atoms with E-state index in [0.29, 0.717) is 5.82 Å². The summed E-state index contributed by atoms with van der Waals surface area (Å²) in [6.45, 7) is 2.25. The molecule has 0 amide bonds. The molecular formula is C29H32FN3O2. The normalized spacial score (nSPS) is 10.7. The standard InChI is InChI=1S/C29H32FN3O2/c1-2-3-4-5-6-7-8-9-10-11-23-20-32-28(33-21-23)24-13-15-25(16-14-24)29(34)35-27-17-12-22(19-31)18-26(27)30/h12-18,20-21H,2-11H2,1H3.